The van der Waals surface area contributed by atoms with Crippen molar-refractivity contribution in [3.05, 3.63) is 0 Å². The second-order valence-electron chi connectivity index (χ2n) is 6.26. The van der Waals surface area contributed by atoms with E-state index in [0.29, 0.717) is 30.9 Å². The third kappa shape index (κ3) is 7.80. The predicted molar refractivity (Wildman–Crippen MR) is 81.6 cm³/mol. The van der Waals surface area contributed by atoms with Gasteiger partial charge in [0, 0.05) is 19.4 Å². The summed E-state index contributed by atoms with van der Waals surface area (Å²) in [6.07, 6.45) is 0.499. The summed E-state index contributed by atoms with van der Waals surface area (Å²) in [5, 5.41) is 3.06. The van der Waals surface area contributed by atoms with Gasteiger partial charge in [-0.05, 0) is 40.0 Å². The van der Waals surface area contributed by atoms with Crippen molar-refractivity contribution in [1.82, 2.24) is 10.4 Å². The number of carbonyl (C=O) groups excluding carboxylic acids is 4. The van der Waals surface area contributed by atoms with Crippen molar-refractivity contribution in [3.63, 3.8) is 0 Å². The van der Waals surface area contributed by atoms with Gasteiger partial charge < -0.3 is 14.8 Å². The van der Waals surface area contributed by atoms with Crippen LogP contribution in [0, 0.1) is 0 Å². The molecule has 9 heteroatoms. The first-order chi connectivity index (χ1) is 11.2. The van der Waals surface area contributed by atoms with Crippen LogP contribution in [-0.4, -0.2) is 47.9 Å². The molecule has 9 nitrogen and oxygen atoms in total. The Morgan fingerprint density at radius 2 is 1.71 bits per heavy atom. The number of nitrogens with zero attached hydrogens (tertiary/aromatic N) is 1. The Kier molecular flexibility index (Phi) is 7.47. The van der Waals surface area contributed by atoms with Crippen LogP contribution >= 0.6 is 0 Å². The number of nitrogens with one attached hydrogen (secondary N) is 1. The quantitative estimate of drug-likeness (QED) is 0.426. The molecule has 1 saturated heterocycles. The predicted octanol–water partition coefficient (Wildman–Crippen LogP) is 1.90. The van der Waals surface area contributed by atoms with Gasteiger partial charge in [-0.15, -0.1) is 0 Å². The first-order valence-electron chi connectivity index (χ1n) is 7.86. The molecule has 0 bridgehead atoms. The van der Waals surface area contributed by atoms with E-state index >= 15 is 0 Å². The average Bonchev–Trinajstić information content (AvgIpc) is 2.76. The summed E-state index contributed by atoms with van der Waals surface area (Å²) < 4.78 is 9.86. The fourth-order valence-electron chi connectivity index (χ4n) is 1.82. The normalized spacial score (nSPS) is 14.5. The maximum Gasteiger partial charge on any atom is 0.533 e. The summed E-state index contributed by atoms with van der Waals surface area (Å²) in [5.41, 5.74) is -0.531. The Bertz CT molecular complexity index is 469. The lowest BCUT2D eigenvalue weighted by molar-refractivity contribution is -0.177. The van der Waals surface area contributed by atoms with E-state index in [2.05, 4.69) is 10.2 Å². The van der Waals surface area contributed by atoms with Crippen LogP contribution in [0.2, 0.25) is 0 Å². The van der Waals surface area contributed by atoms with Crippen molar-refractivity contribution in [3.8, 4) is 0 Å². The van der Waals surface area contributed by atoms with E-state index in [-0.39, 0.29) is 19.4 Å². The fourth-order valence-corrected chi connectivity index (χ4v) is 1.82. The summed E-state index contributed by atoms with van der Waals surface area (Å²) in [7, 11) is 0. The maximum atomic E-state index is 11.4. The minimum atomic E-state index is -1.08. The number of alkyl carbamates (subject to hydrolysis) is 1. The molecule has 1 fully saturated rings. The smallest absolute Gasteiger partial charge is 0.444 e. The zero-order valence-corrected chi connectivity index (χ0v) is 14.3. The van der Waals surface area contributed by atoms with Gasteiger partial charge >= 0.3 is 12.2 Å². The van der Waals surface area contributed by atoms with Crippen LogP contribution in [0.5, 0.6) is 0 Å². The molecular formula is C15H24N2O7. The van der Waals surface area contributed by atoms with E-state index < -0.39 is 29.7 Å². The largest absolute Gasteiger partial charge is 0.533 e. The zero-order valence-electron chi connectivity index (χ0n) is 14.3. The first kappa shape index (κ1) is 19.7. The highest BCUT2D eigenvalue weighted by Crippen LogP contribution is 2.12. The molecule has 3 amide bonds. The fraction of sp³-hybridized carbons (Fsp3) is 0.733. The molecule has 1 aliphatic heterocycles. The van der Waals surface area contributed by atoms with Gasteiger partial charge in [0.2, 0.25) is 0 Å². The Hall–Kier alpha value is -2.32. The topological polar surface area (TPSA) is 111 Å². The SMILES string of the molecule is CC(C)(C)OC(=O)NCCCCCOC(=O)ON1C(=O)CCC1=O. The number of hydroxylamine groups is 2. The summed E-state index contributed by atoms with van der Waals surface area (Å²) >= 11 is 0. The number of hydrogen-bond acceptors (Lipinski definition) is 7. The molecule has 0 radical (unpaired) electrons. The lowest BCUT2D eigenvalue weighted by Gasteiger charge is -2.19. The van der Waals surface area contributed by atoms with Crippen molar-refractivity contribution in [1.29, 1.82) is 0 Å². The van der Waals surface area contributed by atoms with E-state index in [0.717, 1.165) is 0 Å². The third-order valence-corrected chi connectivity index (χ3v) is 2.88. The van der Waals surface area contributed by atoms with E-state index in [9.17, 15) is 19.2 Å². The molecule has 0 atom stereocenters. The van der Waals surface area contributed by atoms with Gasteiger partial charge in [0.05, 0.1) is 6.61 Å². The Morgan fingerprint density at radius 1 is 1.08 bits per heavy atom. The number of hydrogen-bond donors (Lipinski definition) is 1. The van der Waals surface area contributed by atoms with Crippen LogP contribution in [0.25, 0.3) is 0 Å². The molecule has 0 spiro atoms. The molecular weight excluding hydrogens is 320 g/mol. The number of amides is 3. The Labute approximate surface area is 140 Å². The Morgan fingerprint density at radius 3 is 2.29 bits per heavy atom. The standard InChI is InChI=1S/C15H24N2O7/c1-15(2,3)23-13(20)16-9-5-4-6-10-22-14(21)24-17-11(18)7-8-12(17)19/h4-10H2,1-3H3,(H,16,20). The molecule has 0 aromatic rings. The van der Waals surface area contributed by atoms with Gasteiger partial charge in [-0.25, -0.2) is 9.59 Å². The average molecular weight is 344 g/mol. The number of imide groups is 1. The molecule has 24 heavy (non-hydrogen) atoms. The van der Waals surface area contributed by atoms with E-state index in [4.69, 9.17) is 9.47 Å². The molecule has 0 saturated carbocycles. The minimum Gasteiger partial charge on any atom is -0.444 e. The molecule has 1 rings (SSSR count). The highest BCUT2D eigenvalue weighted by molar-refractivity contribution is 6.01. The summed E-state index contributed by atoms with van der Waals surface area (Å²) in [6, 6.07) is 0. The second kappa shape index (κ2) is 9.09. The number of rotatable bonds is 7. The van der Waals surface area contributed by atoms with Gasteiger partial charge in [0.25, 0.3) is 11.8 Å². The highest BCUT2D eigenvalue weighted by Gasteiger charge is 2.33. The summed E-state index contributed by atoms with van der Waals surface area (Å²) in [5.74, 6) is -1.10. The van der Waals surface area contributed by atoms with E-state index in [1.54, 1.807) is 20.8 Å². The Balaban J connectivity index is 2.02. The van der Waals surface area contributed by atoms with Crippen molar-refractivity contribution >= 4 is 24.1 Å². The van der Waals surface area contributed by atoms with Crippen LogP contribution in [0.15, 0.2) is 0 Å². The van der Waals surface area contributed by atoms with Crippen molar-refractivity contribution in [2.45, 2.75) is 58.5 Å². The van der Waals surface area contributed by atoms with Gasteiger partial charge in [0.1, 0.15) is 5.60 Å². The van der Waals surface area contributed by atoms with Crippen LogP contribution in [0.3, 0.4) is 0 Å². The second-order valence-corrected chi connectivity index (χ2v) is 6.26. The van der Waals surface area contributed by atoms with Crippen molar-refractivity contribution in [2.24, 2.45) is 0 Å². The summed E-state index contributed by atoms with van der Waals surface area (Å²) in [4.78, 5) is 49.7. The van der Waals surface area contributed by atoms with Crippen molar-refractivity contribution < 1.29 is 33.5 Å². The number of ether oxygens (including phenoxy) is 2. The van der Waals surface area contributed by atoms with E-state index in [1.807, 2.05) is 0 Å². The molecule has 0 aromatic carbocycles. The zero-order chi connectivity index (χ0) is 18.2. The van der Waals surface area contributed by atoms with Gasteiger partial charge in [-0.1, -0.05) is 5.06 Å². The lowest BCUT2D eigenvalue weighted by Crippen LogP contribution is -2.33. The van der Waals surface area contributed by atoms with Gasteiger partial charge in [0.15, 0.2) is 0 Å². The highest BCUT2D eigenvalue weighted by atomic mass is 16.8. The van der Waals surface area contributed by atoms with Crippen molar-refractivity contribution in [2.75, 3.05) is 13.2 Å². The first-order valence-corrected chi connectivity index (χ1v) is 7.86. The minimum absolute atomic E-state index is 0.0385. The molecule has 136 valence electrons. The maximum absolute atomic E-state index is 11.4. The third-order valence-electron chi connectivity index (χ3n) is 2.88. The molecule has 1 aliphatic rings. The monoisotopic (exact) mass is 344 g/mol. The molecule has 1 N–H and O–H groups in total. The lowest BCUT2D eigenvalue weighted by atomic mass is 10.2. The molecule has 0 aromatic heterocycles. The molecule has 0 aliphatic carbocycles. The molecule has 1 heterocycles. The van der Waals surface area contributed by atoms with Gasteiger partial charge in [-0.3, -0.25) is 14.4 Å². The van der Waals surface area contributed by atoms with E-state index in [1.165, 1.54) is 0 Å². The summed E-state index contributed by atoms with van der Waals surface area (Å²) in [6.45, 7) is 5.91. The molecule has 0 unspecified atom stereocenters. The van der Waals surface area contributed by atoms with Crippen LogP contribution < -0.4 is 5.32 Å². The van der Waals surface area contributed by atoms with Crippen LogP contribution in [0.1, 0.15) is 52.9 Å². The van der Waals surface area contributed by atoms with Gasteiger partial charge in [-0.2, -0.15) is 0 Å². The number of unbranched alkanes of at least 4 members (excludes halogenated alkanes) is 2. The van der Waals surface area contributed by atoms with Crippen LogP contribution in [0.4, 0.5) is 9.59 Å². The number of carbonyl (C=O) groups is 4. The van der Waals surface area contributed by atoms with Crippen LogP contribution in [-0.2, 0) is 23.9 Å².